The van der Waals surface area contributed by atoms with Gasteiger partial charge in [0.1, 0.15) is 12.6 Å². The van der Waals surface area contributed by atoms with Gasteiger partial charge < -0.3 is 26.1 Å². The molecular weight excluding hydrogens is 312 g/mol. The number of carbonyl (C=O) groups is 3. The Labute approximate surface area is 138 Å². The van der Waals surface area contributed by atoms with Crippen LogP contribution in [0.1, 0.15) is 5.56 Å². The molecule has 0 bridgehead atoms. The maximum atomic E-state index is 12.3. The average molecular weight is 332 g/mol. The molecule has 0 fully saturated rings. The molecule has 1 aromatic carbocycles. The third-order valence-corrected chi connectivity index (χ3v) is 3.57. The van der Waals surface area contributed by atoms with Crippen LogP contribution in [-0.4, -0.2) is 49.0 Å². The summed E-state index contributed by atoms with van der Waals surface area (Å²) in [5.74, 6) is -1.50. The van der Waals surface area contributed by atoms with Crippen LogP contribution in [0.4, 0.5) is 0 Å². The molecule has 0 spiro atoms. The Hall–Kier alpha value is -2.87. The van der Waals surface area contributed by atoms with Gasteiger partial charge in [0.25, 0.3) is 0 Å². The molecule has 1 heterocycles. The maximum absolute atomic E-state index is 12.3. The normalized spacial score (nSPS) is 11.8. The number of aromatic nitrogens is 1. The fraction of sp³-hybridized carbons (Fsp3) is 0.312. The molecule has 2 aromatic rings. The molecule has 24 heavy (non-hydrogen) atoms. The summed E-state index contributed by atoms with van der Waals surface area (Å²) in [5.41, 5.74) is 7.12. The van der Waals surface area contributed by atoms with Gasteiger partial charge in [0, 0.05) is 23.5 Å². The Morgan fingerprint density at radius 1 is 1.29 bits per heavy atom. The van der Waals surface area contributed by atoms with Crippen LogP contribution in [-0.2, 0) is 25.5 Å². The first-order chi connectivity index (χ1) is 11.5. The molecule has 0 saturated heterocycles. The van der Waals surface area contributed by atoms with Gasteiger partial charge in [-0.1, -0.05) is 18.2 Å². The lowest BCUT2D eigenvalue weighted by atomic mass is 10.0. The highest BCUT2D eigenvalue weighted by Gasteiger charge is 2.22. The highest BCUT2D eigenvalue weighted by atomic mass is 16.5. The second kappa shape index (κ2) is 8.11. The van der Waals surface area contributed by atoms with Gasteiger partial charge in [-0.25, -0.2) is 0 Å². The van der Waals surface area contributed by atoms with Crippen LogP contribution < -0.4 is 16.4 Å². The van der Waals surface area contributed by atoms with Crippen molar-refractivity contribution in [3.63, 3.8) is 0 Å². The first-order valence-corrected chi connectivity index (χ1v) is 7.44. The second-order valence-corrected chi connectivity index (χ2v) is 5.18. The van der Waals surface area contributed by atoms with Crippen molar-refractivity contribution in [2.24, 2.45) is 5.73 Å². The fourth-order valence-corrected chi connectivity index (χ4v) is 2.34. The van der Waals surface area contributed by atoms with Crippen molar-refractivity contribution >= 4 is 28.7 Å². The molecule has 0 unspecified atom stereocenters. The number of fused-ring (bicyclic) bond motifs is 1. The van der Waals surface area contributed by atoms with Crippen LogP contribution >= 0.6 is 0 Å². The molecular formula is C16H20N4O4. The van der Waals surface area contributed by atoms with E-state index in [4.69, 9.17) is 5.73 Å². The van der Waals surface area contributed by atoms with Crippen molar-refractivity contribution in [2.45, 2.75) is 12.5 Å². The molecule has 5 N–H and O–H groups in total. The Kier molecular flexibility index (Phi) is 5.91. The smallest absolute Gasteiger partial charge is 0.325 e. The predicted octanol–water partition coefficient (Wildman–Crippen LogP) is -0.557. The third-order valence-electron chi connectivity index (χ3n) is 3.57. The first kappa shape index (κ1) is 17.5. The number of aromatic amines is 1. The van der Waals surface area contributed by atoms with Gasteiger partial charge in [-0.05, 0) is 11.6 Å². The largest absolute Gasteiger partial charge is 0.468 e. The molecule has 8 nitrogen and oxygen atoms in total. The SMILES string of the molecule is COC(=O)CNC(=O)[C@H](Cc1c[nH]c2ccccc12)NC(=O)CN. The van der Waals surface area contributed by atoms with E-state index >= 15 is 0 Å². The Balaban J connectivity index is 2.14. The van der Waals surface area contributed by atoms with Crippen molar-refractivity contribution in [3.8, 4) is 0 Å². The molecule has 0 aliphatic carbocycles. The number of rotatable bonds is 7. The van der Waals surface area contributed by atoms with Crippen molar-refractivity contribution in [3.05, 3.63) is 36.0 Å². The number of carbonyl (C=O) groups excluding carboxylic acids is 3. The van der Waals surface area contributed by atoms with Crippen LogP contribution in [0.25, 0.3) is 10.9 Å². The van der Waals surface area contributed by atoms with Gasteiger partial charge in [-0.15, -0.1) is 0 Å². The quantitative estimate of drug-likeness (QED) is 0.506. The lowest BCUT2D eigenvalue weighted by molar-refractivity contribution is -0.141. The topological polar surface area (TPSA) is 126 Å². The summed E-state index contributed by atoms with van der Waals surface area (Å²) < 4.78 is 4.48. The third kappa shape index (κ3) is 4.32. The van der Waals surface area contributed by atoms with Crippen LogP contribution in [0.5, 0.6) is 0 Å². The van der Waals surface area contributed by atoms with E-state index < -0.39 is 23.8 Å². The van der Waals surface area contributed by atoms with Gasteiger partial charge in [-0.3, -0.25) is 14.4 Å². The van der Waals surface area contributed by atoms with E-state index in [2.05, 4.69) is 20.4 Å². The second-order valence-electron chi connectivity index (χ2n) is 5.18. The van der Waals surface area contributed by atoms with Gasteiger partial charge in [-0.2, -0.15) is 0 Å². The number of para-hydroxylation sites is 1. The maximum Gasteiger partial charge on any atom is 0.325 e. The number of H-pyrrole nitrogens is 1. The van der Waals surface area contributed by atoms with Crippen LogP contribution in [0.15, 0.2) is 30.5 Å². The summed E-state index contributed by atoms with van der Waals surface area (Å²) in [6.45, 7) is -0.493. The van der Waals surface area contributed by atoms with E-state index in [9.17, 15) is 14.4 Å². The summed E-state index contributed by atoms with van der Waals surface area (Å²) in [6.07, 6.45) is 2.06. The number of hydrogen-bond donors (Lipinski definition) is 4. The van der Waals surface area contributed by atoms with E-state index in [-0.39, 0.29) is 19.5 Å². The standard InChI is InChI=1S/C16H20N4O4/c1-24-15(22)9-19-16(23)13(20-14(21)7-17)6-10-8-18-12-5-3-2-4-11(10)12/h2-5,8,13,18H,6-7,9,17H2,1H3,(H,19,23)(H,20,21)/t13-/m0/s1. The van der Waals surface area contributed by atoms with Crippen LogP contribution in [0.2, 0.25) is 0 Å². The van der Waals surface area contributed by atoms with Crippen molar-refractivity contribution < 1.29 is 19.1 Å². The summed E-state index contributed by atoms with van der Waals surface area (Å²) in [6, 6.07) is 6.80. The number of amides is 2. The summed E-state index contributed by atoms with van der Waals surface area (Å²) in [7, 11) is 1.23. The molecule has 0 saturated carbocycles. The summed E-state index contributed by atoms with van der Waals surface area (Å²) in [4.78, 5) is 38.2. The molecule has 0 radical (unpaired) electrons. The van der Waals surface area contributed by atoms with Gasteiger partial charge in [0.05, 0.1) is 13.7 Å². The van der Waals surface area contributed by atoms with E-state index in [1.165, 1.54) is 7.11 Å². The summed E-state index contributed by atoms with van der Waals surface area (Å²) >= 11 is 0. The minimum absolute atomic E-state index is 0.228. The number of nitrogens with two attached hydrogens (primary N) is 1. The lowest BCUT2D eigenvalue weighted by Gasteiger charge is -2.17. The van der Waals surface area contributed by atoms with E-state index in [1.54, 1.807) is 6.20 Å². The first-order valence-electron chi connectivity index (χ1n) is 7.44. The number of esters is 1. The lowest BCUT2D eigenvalue weighted by Crippen LogP contribution is -2.50. The number of benzene rings is 1. The van der Waals surface area contributed by atoms with E-state index in [1.807, 2.05) is 24.3 Å². The fourth-order valence-electron chi connectivity index (χ4n) is 2.34. The highest BCUT2D eigenvalue weighted by molar-refractivity contribution is 5.91. The average Bonchev–Trinajstić information content (AvgIpc) is 3.01. The van der Waals surface area contributed by atoms with E-state index in [0.29, 0.717) is 0 Å². The minimum atomic E-state index is -0.843. The minimum Gasteiger partial charge on any atom is -0.468 e. The Morgan fingerprint density at radius 3 is 2.75 bits per heavy atom. The number of methoxy groups -OCH3 is 1. The molecule has 0 aliphatic heterocycles. The zero-order valence-electron chi connectivity index (χ0n) is 13.3. The van der Waals surface area contributed by atoms with Crippen LogP contribution in [0, 0.1) is 0 Å². The molecule has 2 rings (SSSR count). The molecule has 1 aromatic heterocycles. The van der Waals surface area contributed by atoms with Crippen molar-refractivity contribution in [2.75, 3.05) is 20.2 Å². The number of nitrogens with one attached hydrogen (secondary N) is 3. The Morgan fingerprint density at radius 2 is 2.04 bits per heavy atom. The molecule has 8 heteroatoms. The van der Waals surface area contributed by atoms with E-state index in [0.717, 1.165) is 16.5 Å². The Bertz CT molecular complexity index is 741. The zero-order chi connectivity index (χ0) is 17.5. The number of hydrogen-bond acceptors (Lipinski definition) is 5. The number of ether oxygens (including phenoxy) is 1. The molecule has 0 aliphatic rings. The predicted molar refractivity (Wildman–Crippen MR) is 88.0 cm³/mol. The molecule has 1 atom stereocenters. The van der Waals surface area contributed by atoms with Gasteiger partial charge in [0.15, 0.2) is 0 Å². The highest BCUT2D eigenvalue weighted by Crippen LogP contribution is 2.19. The molecule has 128 valence electrons. The van der Waals surface area contributed by atoms with Gasteiger partial charge in [0.2, 0.25) is 11.8 Å². The van der Waals surface area contributed by atoms with Crippen LogP contribution in [0.3, 0.4) is 0 Å². The molecule has 2 amide bonds. The van der Waals surface area contributed by atoms with Crippen molar-refractivity contribution in [1.29, 1.82) is 0 Å². The summed E-state index contributed by atoms with van der Waals surface area (Å²) in [5, 5.41) is 5.98. The monoisotopic (exact) mass is 332 g/mol. The zero-order valence-corrected chi connectivity index (χ0v) is 13.3. The van der Waals surface area contributed by atoms with Gasteiger partial charge >= 0.3 is 5.97 Å². The van der Waals surface area contributed by atoms with Crippen molar-refractivity contribution in [1.82, 2.24) is 15.6 Å².